The number of nitrogens with zero attached hydrogens (tertiary/aromatic N) is 3. The van der Waals surface area contributed by atoms with Crippen LogP contribution >= 0.6 is 11.8 Å². The highest BCUT2D eigenvalue weighted by Gasteiger charge is 2.18. The van der Waals surface area contributed by atoms with Gasteiger partial charge in [0.1, 0.15) is 5.76 Å². The Kier molecular flexibility index (Phi) is 6.20. The van der Waals surface area contributed by atoms with Crippen LogP contribution in [0.4, 0.5) is 0 Å². The van der Waals surface area contributed by atoms with E-state index >= 15 is 0 Å². The van der Waals surface area contributed by atoms with E-state index in [2.05, 4.69) is 16.8 Å². The highest BCUT2D eigenvalue weighted by atomic mass is 32.2. The van der Waals surface area contributed by atoms with Gasteiger partial charge >= 0.3 is 0 Å². The number of ether oxygens (including phenoxy) is 2. The fourth-order valence-electron chi connectivity index (χ4n) is 2.73. The van der Waals surface area contributed by atoms with Gasteiger partial charge in [-0.2, -0.15) is 0 Å². The molecule has 0 N–H and O–H groups in total. The summed E-state index contributed by atoms with van der Waals surface area (Å²) in [7, 11) is 3.10. The second-order valence-electron chi connectivity index (χ2n) is 5.88. The summed E-state index contributed by atoms with van der Waals surface area (Å²) >= 11 is 1.33. The molecule has 0 saturated carbocycles. The van der Waals surface area contributed by atoms with Gasteiger partial charge in [-0.1, -0.05) is 17.8 Å². The second kappa shape index (κ2) is 8.79. The van der Waals surface area contributed by atoms with Crippen LogP contribution in [0.1, 0.15) is 16.1 Å². The van der Waals surface area contributed by atoms with E-state index in [0.717, 1.165) is 11.3 Å². The summed E-state index contributed by atoms with van der Waals surface area (Å²) in [5.74, 6) is 2.72. The Balaban J connectivity index is 1.79. The summed E-state index contributed by atoms with van der Waals surface area (Å²) < 4.78 is 17.8. The largest absolute Gasteiger partial charge is 0.493 e. The van der Waals surface area contributed by atoms with E-state index < -0.39 is 0 Å². The lowest BCUT2D eigenvalue weighted by Crippen LogP contribution is -2.06. The number of thioether (sulfide) groups is 1. The van der Waals surface area contributed by atoms with Crippen molar-refractivity contribution in [2.45, 2.75) is 18.6 Å². The molecule has 0 amide bonds. The maximum Gasteiger partial charge on any atom is 0.192 e. The van der Waals surface area contributed by atoms with Gasteiger partial charge in [0.15, 0.2) is 28.3 Å². The standard InChI is InChI=1S/C20H21N3O4S/c1-5-9-23-19(15-8-10-27-13(15)2)21-22-20(23)28-12-16(24)14-6-7-17(25-3)18(11-14)26-4/h5-8,10-11H,1,9,12H2,2-4H3. The Morgan fingerprint density at radius 1 is 1.25 bits per heavy atom. The third kappa shape index (κ3) is 3.96. The molecular weight excluding hydrogens is 378 g/mol. The maximum absolute atomic E-state index is 12.6. The third-order valence-electron chi connectivity index (χ3n) is 4.17. The van der Waals surface area contributed by atoms with E-state index in [4.69, 9.17) is 13.9 Å². The van der Waals surface area contributed by atoms with Crippen LogP contribution in [0.25, 0.3) is 11.4 Å². The quantitative estimate of drug-likeness (QED) is 0.305. The van der Waals surface area contributed by atoms with Gasteiger partial charge in [0, 0.05) is 12.1 Å². The minimum Gasteiger partial charge on any atom is -0.493 e. The molecule has 1 aromatic carbocycles. The number of ketones is 1. The number of rotatable bonds is 9. The molecule has 0 aliphatic carbocycles. The van der Waals surface area contributed by atoms with E-state index in [1.54, 1.807) is 37.6 Å². The summed E-state index contributed by atoms with van der Waals surface area (Å²) in [6.07, 6.45) is 3.38. The van der Waals surface area contributed by atoms with Gasteiger partial charge in [-0.3, -0.25) is 9.36 Å². The average Bonchev–Trinajstić information content (AvgIpc) is 3.31. The van der Waals surface area contributed by atoms with E-state index in [1.807, 2.05) is 17.6 Å². The van der Waals surface area contributed by atoms with E-state index in [9.17, 15) is 4.79 Å². The number of hydrogen-bond donors (Lipinski definition) is 0. The molecule has 0 aliphatic rings. The maximum atomic E-state index is 12.6. The van der Waals surface area contributed by atoms with Crippen molar-refractivity contribution in [3.8, 4) is 22.9 Å². The highest BCUT2D eigenvalue weighted by Crippen LogP contribution is 2.30. The molecule has 0 fully saturated rings. The number of methoxy groups -OCH3 is 2. The van der Waals surface area contributed by atoms with Gasteiger partial charge in [-0.05, 0) is 31.2 Å². The van der Waals surface area contributed by atoms with Gasteiger partial charge in [-0.25, -0.2) is 0 Å². The van der Waals surface area contributed by atoms with Crippen molar-refractivity contribution >= 4 is 17.5 Å². The topological polar surface area (TPSA) is 79.4 Å². The monoisotopic (exact) mass is 399 g/mol. The molecule has 0 unspecified atom stereocenters. The van der Waals surface area contributed by atoms with Gasteiger partial charge in [0.2, 0.25) is 0 Å². The minimum atomic E-state index is -0.0415. The average molecular weight is 399 g/mol. The van der Waals surface area contributed by atoms with Crippen molar-refractivity contribution in [1.29, 1.82) is 0 Å². The van der Waals surface area contributed by atoms with Crippen LogP contribution in [-0.2, 0) is 6.54 Å². The number of furan rings is 1. The number of allylic oxidation sites excluding steroid dienone is 1. The summed E-state index contributed by atoms with van der Waals surface area (Å²) in [5, 5.41) is 9.17. The summed E-state index contributed by atoms with van der Waals surface area (Å²) in [5.41, 5.74) is 1.42. The first-order valence-electron chi connectivity index (χ1n) is 8.55. The number of aryl methyl sites for hydroxylation is 1. The number of carbonyl (C=O) groups is 1. The second-order valence-corrected chi connectivity index (χ2v) is 6.82. The first-order chi connectivity index (χ1) is 13.6. The van der Waals surface area contributed by atoms with Crippen molar-refractivity contribution in [2.75, 3.05) is 20.0 Å². The third-order valence-corrected chi connectivity index (χ3v) is 5.13. The van der Waals surface area contributed by atoms with Crippen LogP contribution in [0.15, 0.2) is 52.8 Å². The Bertz CT molecular complexity index is 993. The fourth-order valence-corrected chi connectivity index (χ4v) is 3.57. The molecule has 8 heteroatoms. The zero-order valence-corrected chi connectivity index (χ0v) is 16.8. The predicted molar refractivity (Wildman–Crippen MR) is 107 cm³/mol. The molecule has 2 aromatic heterocycles. The molecule has 0 radical (unpaired) electrons. The Hall–Kier alpha value is -3.00. The van der Waals surface area contributed by atoms with Gasteiger partial charge in [0.05, 0.1) is 31.8 Å². The van der Waals surface area contributed by atoms with Crippen molar-refractivity contribution < 1.29 is 18.7 Å². The normalized spacial score (nSPS) is 10.7. The number of aromatic nitrogens is 3. The number of Topliss-reactive ketones (excluding diaryl/α,β-unsaturated/α-hetero) is 1. The van der Waals surface area contributed by atoms with Crippen molar-refractivity contribution in [1.82, 2.24) is 14.8 Å². The van der Waals surface area contributed by atoms with Crippen molar-refractivity contribution in [3.63, 3.8) is 0 Å². The van der Waals surface area contributed by atoms with Crippen LogP contribution in [0, 0.1) is 6.92 Å². The SMILES string of the molecule is C=CCn1c(SCC(=O)c2ccc(OC)c(OC)c2)nnc1-c1ccoc1C. The Morgan fingerprint density at radius 3 is 2.68 bits per heavy atom. The lowest BCUT2D eigenvalue weighted by molar-refractivity contribution is 0.102. The molecule has 0 aliphatic heterocycles. The fraction of sp³-hybridized carbons (Fsp3) is 0.250. The molecule has 146 valence electrons. The highest BCUT2D eigenvalue weighted by molar-refractivity contribution is 7.99. The van der Waals surface area contributed by atoms with E-state index in [-0.39, 0.29) is 11.5 Å². The molecule has 2 heterocycles. The zero-order chi connectivity index (χ0) is 20.1. The lowest BCUT2D eigenvalue weighted by atomic mass is 10.1. The molecule has 0 spiro atoms. The number of benzene rings is 1. The van der Waals surface area contributed by atoms with Crippen LogP contribution in [0.2, 0.25) is 0 Å². The molecule has 3 aromatic rings. The van der Waals surface area contributed by atoms with Crippen LogP contribution < -0.4 is 9.47 Å². The smallest absolute Gasteiger partial charge is 0.192 e. The van der Waals surface area contributed by atoms with Crippen LogP contribution in [0.3, 0.4) is 0 Å². The van der Waals surface area contributed by atoms with Crippen molar-refractivity contribution in [2.24, 2.45) is 0 Å². The van der Waals surface area contributed by atoms with Gasteiger partial charge in [0.25, 0.3) is 0 Å². The first-order valence-corrected chi connectivity index (χ1v) is 9.54. The van der Waals surface area contributed by atoms with Crippen LogP contribution in [0.5, 0.6) is 11.5 Å². The van der Waals surface area contributed by atoms with E-state index in [0.29, 0.717) is 34.6 Å². The molecule has 0 saturated heterocycles. The zero-order valence-electron chi connectivity index (χ0n) is 16.0. The number of hydrogen-bond acceptors (Lipinski definition) is 7. The summed E-state index contributed by atoms with van der Waals surface area (Å²) in [6.45, 7) is 6.20. The van der Waals surface area contributed by atoms with Gasteiger partial charge in [-0.15, -0.1) is 16.8 Å². The Morgan fingerprint density at radius 2 is 2.04 bits per heavy atom. The molecule has 28 heavy (non-hydrogen) atoms. The predicted octanol–water partition coefficient (Wildman–Crippen LogP) is 4.02. The molecule has 3 rings (SSSR count). The summed E-state index contributed by atoms with van der Waals surface area (Å²) in [6, 6.07) is 6.97. The van der Waals surface area contributed by atoms with Crippen LogP contribution in [-0.4, -0.2) is 40.5 Å². The number of carbonyl (C=O) groups excluding carboxylic acids is 1. The summed E-state index contributed by atoms with van der Waals surface area (Å²) in [4.78, 5) is 12.6. The first kappa shape index (κ1) is 19.8. The molecule has 0 bridgehead atoms. The lowest BCUT2D eigenvalue weighted by Gasteiger charge is -2.09. The van der Waals surface area contributed by atoms with Gasteiger partial charge < -0.3 is 13.9 Å². The molecule has 7 nitrogen and oxygen atoms in total. The van der Waals surface area contributed by atoms with Crippen molar-refractivity contribution in [3.05, 3.63) is 54.5 Å². The molecule has 0 atom stereocenters. The van der Waals surface area contributed by atoms with E-state index in [1.165, 1.54) is 18.9 Å². The Labute approximate surface area is 167 Å². The minimum absolute atomic E-state index is 0.0415. The molecular formula is C20H21N3O4S.